The Morgan fingerprint density at radius 3 is 2.61 bits per heavy atom. The highest BCUT2D eigenvalue weighted by Crippen LogP contribution is 2.16. The fraction of sp³-hybridized carbons (Fsp3) is 0.538. The Labute approximate surface area is 105 Å². The van der Waals surface area contributed by atoms with E-state index in [1.165, 1.54) is 5.56 Å². The maximum Gasteiger partial charge on any atom is 0.401 e. The molecular formula is C13H17F3N2. The van der Waals surface area contributed by atoms with Crippen LogP contribution in [0, 0.1) is 0 Å². The molecule has 1 aromatic carbocycles. The highest BCUT2D eigenvalue weighted by Gasteiger charge is 2.30. The third-order valence-electron chi connectivity index (χ3n) is 3.11. The van der Waals surface area contributed by atoms with Gasteiger partial charge < -0.3 is 5.32 Å². The number of likely N-dealkylation sites (tertiary alicyclic amines) is 1. The first-order valence-electron chi connectivity index (χ1n) is 6.09. The van der Waals surface area contributed by atoms with E-state index in [1.54, 1.807) is 0 Å². The van der Waals surface area contributed by atoms with Gasteiger partial charge in [0.2, 0.25) is 0 Å². The van der Waals surface area contributed by atoms with Crippen LogP contribution in [-0.4, -0.2) is 36.8 Å². The molecule has 0 aromatic heterocycles. The van der Waals surface area contributed by atoms with E-state index in [-0.39, 0.29) is 6.04 Å². The average molecular weight is 258 g/mol. The molecule has 1 aromatic rings. The van der Waals surface area contributed by atoms with Gasteiger partial charge in [0.1, 0.15) is 0 Å². The lowest BCUT2D eigenvalue weighted by atomic mass is 10.2. The molecular weight excluding hydrogens is 241 g/mol. The van der Waals surface area contributed by atoms with Crippen LogP contribution in [0.4, 0.5) is 13.2 Å². The second kappa shape index (κ2) is 5.71. The van der Waals surface area contributed by atoms with Crippen LogP contribution in [0.1, 0.15) is 12.0 Å². The van der Waals surface area contributed by atoms with Gasteiger partial charge in [0.25, 0.3) is 0 Å². The number of hydrogen-bond donors (Lipinski definition) is 1. The summed E-state index contributed by atoms with van der Waals surface area (Å²) in [6.45, 7) is 1.46. The zero-order valence-corrected chi connectivity index (χ0v) is 10.1. The molecule has 5 heteroatoms. The van der Waals surface area contributed by atoms with E-state index in [1.807, 2.05) is 30.3 Å². The van der Waals surface area contributed by atoms with Gasteiger partial charge in [0, 0.05) is 25.7 Å². The van der Waals surface area contributed by atoms with Crippen molar-refractivity contribution in [1.29, 1.82) is 0 Å². The Bertz CT molecular complexity index is 364. The molecule has 100 valence electrons. The lowest BCUT2D eigenvalue weighted by Crippen LogP contribution is -2.38. The molecule has 0 spiro atoms. The van der Waals surface area contributed by atoms with Gasteiger partial charge in [-0.1, -0.05) is 30.3 Å². The van der Waals surface area contributed by atoms with Crippen LogP contribution in [0.2, 0.25) is 0 Å². The van der Waals surface area contributed by atoms with Gasteiger partial charge in [0.05, 0.1) is 6.54 Å². The van der Waals surface area contributed by atoms with Gasteiger partial charge in [0.15, 0.2) is 0 Å². The maximum atomic E-state index is 12.1. The molecule has 2 nitrogen and oxygen atoms in total. The summed E-state index contributed by atoms with van der Waals surface area (Å²) < 4.78 is 36.2. The smallest absolute Gasteiger partial charge is 0.305 e. The molecule has 1 unspecified atom stereocenters. The summed E-state index contributed by atoms with van der Waals surface area (Å²) in [4.78, 5) is 2.18. The van der Waals surface area contributed by atoms with E-state index >= 15 is 0 Å². The Balaban J connectivity index is 1.75. The molecule has 1 heterocycles. The molecule has 1 aliphatic heterocycles. The van der Waals surface area contributed by atoms with Crippen molar-refractivity contribution in [2.45, 2.75) is 25.2 Å². The molecule has 1 saturated heterocycles. The van der Waals surface area contributed by atoms with Crippen LogP contribution >= 0.6 is 0 Å². The minimum atomic E-state index is -4.12. The predicted molar refractivity (Wildman–Crippen MR) is 64.2 cm³/mol. The van der Waals surface area contributed by atoms with E-state index < -0.39 is 12.7 Å². The molecule has 0 saturated carbocycles. The van der Waals surface area contributed by atoms with Gasteiger partial charge in [-0.05, 0) is 12.0 Å². The monoisotopic (exact) mass is 258 g/mol. The number of rotatable bonds is 4. The van der Waals surface area contributed by atoms with Crippen LogP contribution in [0.15, 0.2) is 30.3 Å². The molecule has 18 heavy (non-hydrogen) atoms. The van der Waals surface area contributed by atoms with Crippen molar-refractivity contribution >= 4 is 0 Å². The molecule has 0 aliphatic carbocycles. The largest absolute Gasteiger partial charge is 0.401 e. The normalized spacial score (nSPS) is 21.4. The standard InChI is InChI=1S/C13H17F3N2/c14-13(15,16)10-17-12-6-7-18(9-12)8-11-4-2-1-3-5-11/h1-5,12,17H,6-10H2. The fourth-order valence-electron chi connectivity index (χ4n) is 2.24. The number of benzene rings is 1. The lowest BCUT2D eigenvalue weighted by molar-refractivity contribution is -0.126. The number of nitrogens with one attached hydrogen (secondary N) is 1. The highest BCUT2D eigenvalue weighted by atomic mass is 19.4. The minimum absolute atomic E-state index is 0.0460. The summed E-state index contributed by atoms with van der Waals surface area (Å²) in [6, 6.07) is 9.94. The summed E-state index contributed by atoms with van der Waals surface area (Å²) >= 11 is 0. The van der Waals surface area contributed by atoms with E-state index in [0.29, 0.717) is 6.54 Å². The first-order chi connectivity index (χ1) is 8.53. The van der Waals surface area contributed by atoms with Gasteiger partial charge in [-0.25, -0.2) is 0 Å². The van der Waals surface area contributed by atoms with Crippen LogP contribution in [-0.2, 0) is 6.54 Å². The van der Waals surface area contributed by atoms with Crippen LogP contribution in [0.5, 0.6) is 0 Å². The number of halogens is 3. The summed E-state index contributed by atoms with van der Waals surface area (Å²) in [5.74, 6) is 0. The van der Waals surface area contributed by atoms with E-state index in [4.69, 9.17) is 0 Å². The zero-order valence-electron chi connectivity index (χ0n) is 10.1. The fourth-order valence-corrected chi connectivity index (χ4v) is 2.24. The Hall–Kier alpha value is -1.07. The number of hydrogen-bond acceptors (Lipinski definition) is 2. The van der Waals surface area contributed by atoms with Crippen molar-refractivity contribution in [2.24, 2.45) is 0 Å². The third kappa shape index (κ3) is 4.31. The van der Waals surface area contributed by atoms with Crippen LogP contribution in [0.3, 0.4) is 0 Å². The zero-order chi connectivity index (χ0) is 13.0. The van der Waals surface area contributed by atoms with Crippen molar-refractivity contribution in [2.75, 3.05) is 19.6 Å². The Kier molecular flexibility index (Phi) is 4.24. The quantitative estimate of drug-likeness (QED) is 0.892. The Morgan fingerprint density at radius 1 is 1.22 bits per heavy atom. The summed E-state index contributed by atoms with van der Waals surface area (Å²) in [5.41, 5.74) is 1.20. The summed E-state index contributed by atoms with van der Waals surface area (Å²) in [5, 5.41) is 2.57. The van der Waals surface area contributed by atoms with Gasteiger partial charge in [-0.3, -0.25) is 4.90 Å². The Morgan fingerprint density at radius 2 is 1.94 bits per heavy atom. The average Bonchev–Trinajstić information content (AvgIpc) is 2.75. The van der Waals surface area contributed by atoms with Crippen LogP contribution in [0.25, 0.3) is 0 Å². The molecule has 1 N–H and O–H groups in total. The molecule has 0 amide bonds. The van der Waals surface area contributed by atoms with Gasteiger partial charge in [-0.15, -0.1) is 0 Å². The first-order valence-corrected chi connectivity index (χ1v) is 6.09. The molecule has 0 radical (unpaired) electrons. The van der Waals surface area contributed by atoms with Crippen molar-refractivity contribution in [3.05, 3.63) is 35.9 Å². The highest BCUT2D eigenvalue weighted by molar-refractivity contribution is 5.14. The molecule has 0 bridgehead atoms. The van der Waals surface area contributed by atoms with Gasteiger partial charge in [-0.2, -0.15) is 13.2 Å². The van der Waals surface area contributed by atoms with Gasteiger partial charge >= 0.3 is 6.18 Å². The third-order valence-corrected chi connectivity index (χ3v) is 3.11. The predicted octanol–water partition coefficient (Wildman–Crippen LogP) is 2.41. The van der Waals surface area contributed by atoms with Crippen molar-refractivity contribution in [3.8, 4) is 0 Å². The summed E-state index contributed by atoms with van der Waals surface area (Å²) in [7, 11) is 0. The number of alkyl halides is 3. The first kappa shape index (κ1) is 13.4. The molecule has 1 aliphatic rings. The maximum absolute atomic E-state index is 12.1. The number of nitrogens with zero attached hydrogens (tertiary/aromatic N) is 1. The van der Waals surface area contributed by atoms with Crippen molar-refractivity contribution in [1.82, 2.24) is 10.2 Å². The second-order valence-corrected chi connectivity index (χ2v) is 4.70. The lowest BCUT2D eigenvalue weighted by Gasteiger charge is -2.17. The van der Waals surface area contributed by atoms with E-state index in [0.717, 1.165) is 19.5 Å². The molecule has 1 atom stereocenters. The SMILES string of the molecule is FC(F)(F)CNC1CCN(Cc2ccccc2)C1. The van der Waals surface area contributed by atoms with Crippen molar-refractivity contribution < 1.29 is 13.2 Å². The van der Waals surface area contributed by atoms with Crippen molar-refractivity contribution in [3.63, 3.8) is 0 Å². The molecule has 1 fully saturated rings. The van der Waals surface area contributed by atoms with E-state index in [2.05, 4.69) is 10.2 Å². The second-order valence-electron chi connectivity index (χ2n) is 4.70. The van der Waals surface area contributed by atoms with E-state index in [9.17, 15) is 13.2 Å². The topological polar surface area (TPSA) is 15.3 Å². The van der Waals surface area contributed by atoms with Crippen LogP contribution < -0.4 is 5.32 Å². The minimum Gasteiger partial charge on any atom is -0.305 e. The molecule has 2 rings (SSSR count). The summed E-state index contributed by atoms with van der Waals surface area (Å²) in [6.07, 6.45) is -3.34.